The molecule has 1 nitrogen and oxygen atoms in total. The molecule has 0 aliphatic rings. The highest BCUT2D eigenvalue weighted by molar-refractivity contribution is 4.78. The van der Waals surface area contributed by atoms with Crippen LogP contribution in [0, 0.1) is 11.3 Å². The van der Waals surface area contributed by atoms with Crippen LogP contribution < -0.4 is 5.32 Å². The molecule has 0 heterocycles. The monoisotopic (exact) mass is 157 g/mol. The number of rotatable bonds is 3. The minimum absolute atomic E-state index is 0.418. The fourth-order valence-electron chi connectivity index (χ4n) is 1.25. The molecule has 0 fully saturated rings. The first-order valence-corrected chi connectivity index (χ1v) is 4.63. The predicted octanol–water partition coefficient (Wildman–Crippen LogP) is 2.67. The Morgan fingerprint density at radius 1 is 1.18 bits per heavy atom. The van der Waals surface area contributed by atoms with Gasteiger partial charge in [-0.2, -0.15) is 0 Å². The van der Waals surface area contributed by atoms with Gasteiger partial charge < -0.3 is 5.32 Å². The summed E-state index contributed by atoms with van der Waals surface area (Å²) in [7, 11) is 0. The summed E-state index contributed by atoms with van der Waals surface area (Å²) in [6.45, 7) is 14.7. The number of nitrogens with one attached hydrogen (secondary N) is 1. The smallest absolute Gasteiger partial charge is 0.00692 e. The van der Waals surface area contributed by atoms with E-state index in [2.05, 4.69) is 46.9 Å². The lowest BCUT2D eigenvalue weighted by Gasteiger charge is -2.32. The maximum Gasteiger partial charge on any atom is 0.00692 e. The summed E-state index contributed by atoms with van der Waals surface area (Å²) < 4.78 is 0. The molecule has 11 heavy (non-hydrogen) atoms. The van der Waals surface area contributed by atoms with E-state index in [0.717, 1.165) is 12.5 Å². The van der Waals surface area contributed by atoms with Gasteiger partial charge in [-0.15, -0.1) is 0 Å². The van der Waals surface area contributed by atoms with Crippen molar-refractivity contribution >= 4 is 0 Å². The molecule has 0 aromatic carbocycles. The summed E-state index contributed by atoms with van der Waals surface area (Å²) in [5, 5.41) is 3.45. The lowest BCUT2D eigenvalue weighted by molar-refractivity contribution is 0.208. The highest BCUT2D eigenvalue weighted by atomic mass is 14.9. The molecule has 0 saturated heterocycles. The van der Waals surface area contributed by atoms with Crippen LogP contribution in [0.25, 0.3) is 0 Å². The first kappa shape index (κ1) is 11.0. The van der Waals surface area contributed by atoms with Crippen molar-refractivity contribution < 1.29 is 0 Å². The molecular weight excluding hydrogens is 134 g/mol. The van der Waals surface area contributed by atoms with E-state index >= 15 is 0 Å². The molecule has 0 rings (SSSR count). The van der Waals surface area contributed by atoms with E-state index in [-0.39, 0.29) is 0 Å². The molecule has 0 aromatic rings. The highest BCUT2D eigenvalue weighted by Crippen LogP contribution is 2.27. The van der Waals surface area contributed by atoms with Gasteiger partial charge in [0.2, 0.25) is 0 Å². The van der Waals surface area contributed by atoms with Gasteiger partial charge >= 0.3 is 0 Å². The van der Waals surface area contributed by atoms with Crippen LogP contribution in [0.4, 0.5) is 0 Å². The Morgan fingerprint density at radius 2 is 1.64 bits per heavy atom. The lowest BCUT2D eigenvalue weighted by atomic mass is 9.78. The molecule has 0 aliphatic carbocycles. The first-order valence-electron chi connectivity index (χ1n) is 4.63. The van der Waals surface area contributed by atoms with E-state index in [1.54, 1.807) is 0 Å². The fourth-order valence-corrected chi connectivity index (χ4v) is 1.25. The molecule has 0 spiro atoms. The van der Waals surface area contributed by atoms with Gasteiger partial charge in [-0.3, -0.25) is 0 Å². The molecule has 0 aliphatic heterocycles. The summed E-state index contributed by atoms with van der Waals surface area (Å²) in [5.41, 5.74) is 0.418. The fraction of sp³-hybridized carbons (Fsp3) is 1.00. The molecule has 0 bridgehead atoms. The van der Waals surface area contributed by atoms with Crippen molar-refractivity contribution in [1.82, 2.24) is 5.32 Å². The third kappa shape index (κ3) is 3.76. The summed E-state index contributed by atoms with van der Waals surface area (Å²) in [6.07, 6.45) is 0. The molecule has 0 saturated carbocycles. The average Bonchev–Trinajstić information content (AvgIpc) is 1.85. The van der Waals surface area contributed by atoms with Crippen molar-refractivity contribution in [2.75, 3.05) is 6.54 Å². The van der Waals surface area contributed by atoms with Crippen LogP contribution in [0.15, 0.2) is 0 Å². The van der Waals surface area contributed by atoms with Gasteiger partial charge in [0, 0.05) is 6.04 Å². The quantitative estimate of drug-likeness (QED) is 0.664. The Morgan fingerprint density at radius 3 is 1.91 bits per heavy atom. The Bertz CT molecular complexity index is 102. The zero-order valence-corrected chi connectivity index (χ0v) is 8.86. The average molecular weight is 157 g/mol. The standard InChI is InChI=1S/C10H23N/c1-7-11-9(3)8(2)10(4,5)6/h8-9,11H,7H2,1-6H3. The Labute approximate surface area is 71.6 Å². The zero-order valence-electron chi connectivity index (χ0n) is 8.86. The summed E-state index contributed by atoms with van der Waals surface area (Å²) >= 11 is 0. The maximum atomic E-state index is 3.45. The maximum absolute atomic E-state index is 3.45. The number of hydrogen-bond donors (Lipinski definition) is 1. The van der Waals surface area contributed by atoms with E-state index in [9.17, 15) is 0 Å². The van der Waals surface area contributed by atoms with Crippen LogP contribution in [0.3, 0.4) is 0 Å². The molecule has 2 unspecified atom stereocenters. The lowest BCUT2D eigenvalue weighted by Crippen LogP contribution is -2.38. The van der Waals surface area contributed by atoms with E-state index < -0.39 is 0 Å². The van der Waals surface area contributed by atoms with Crippen LogP contribution in [-0.2, 0) is 0 Å². The first-order chi connectivity index (χ1) is 4.89. The van der Waals surface area contributed by atoms with E-state index in [1.807, 2.05) is 0 Å². The molecule has 1 N–H and O–H groups in total. The highest BCUT2D eigenvalue weighted by Gasteiger charge is 2.24. The second kappa shape index (κ2) is 4.10. The Hall–Kier alpha value is -0.0400. The van der Waals surface area contributed by atoms with Crippen molar-refractivity contribution in [2.24, 2.45) is 11.3 Å². The summed E-state index contributed by atoms with van der Waals surface area (Å²) in [6, 6.07) is 0.625. The van der Waals surface area contributed by atoms with E-state index in [4.69, 9.17) is 0 Å². The molecule has 68 valence electrons. The second-order valence-electron chi connectivity index (χ2n) is 4.50. The van der Waals surface area contributed by atoms with Crippen LogP contribution in [0.5, 0.6) is 0 Å². The van der Waals surface area contributed by atoms with Gasteiger partial charge in [-0.1, -0.05) is 34.6 Å². The van der Waals surface area contributed by atoms with E-state index in [0.29, 0.717) is 11.5 Å². The summed E-state index contributed by atoms with van der Waals surface area (Å²) in [5.74, 6) is 0.724. The normalized spacial score (nSPS) is 18.0. The number of hydrogen-bond acceptors (Lipinski definition) is 1. The Kier molecular flexibility index (Phi) is 4.09. The van der Waals surface area contributed by atoms with Crippen molar-refractivity contribution in [1.29, 1.82) is 0 Å². The summed E-state index contributed by atoms with van der Waals surface area (Å²) in [4.78, 5) is 0. The SMILES string of the molecule is CCNC(C)C(C)C(C)(C)C. The molecule has 0 radical (unpaired) electrons. The molecule has 1 heteroatoms. The van der Waals surface area contributed by atoms with E-state index in [1.165, 1.54) is 0 Å². The Balaban J connectivity index is 3.91. The molecule has 0 amide bonds. The molecular formula is C10H23N. The van der Waals surface area contributed by atoms with Gasteiger partial charge in [0.15, 0.2) is 0 Å². The molecule has 2 atom stereocenters. The van der Waals surface area contributed by atoms with Gasteiger partial charge in [0.05, 0.1) is 0 Å². The minimum atomic E-state index is 0.418. The third-order valence-corrected chi connectivity index (χ3v) is 2.64. The third-order valence-electron chi connectivity index (χ3n) is 2.64. The van der Waals surface area contributed by atoms with Crippen molar-refractivity contribution in [3.63, 3.8) is 0 Å². The van der Waals surface area contributed by atoms with Crippen molar-refractivity contribution in [3.05, 3.63) is 0 Å². The van der Waals surface area contributed by atoms with Gasteiger partial charge in [0.25, 0.3) is 0 Å². The van der Waals surface area contributed by atoms with Gasteiger partial charge in [0.1, 0.15) is 0 Å². The van der Waals surface area contributed by atoms with Crippen LogP contribution in [0.1, 0.15) is 41.5 Å². The largest absolute Gasteiger partial charge is 0.314 e. The van der Waals surface area contributed by atoms with Crippen molar-refractivity contribution in [3.8, 4) is 0 Å². The van der Waals surface area contributed by atoms with Gasteiger partial charge in [-0.05, 0) is 24.8 Å². The second-order valence-corrected chi connectivity index (χ2v) is 4.50. The predicted molar refractivity (Wildman–Crippen MR) is 51.8 cm³/mol. The topological polar surface area (TPSA) is 12.0 Å². The van der Waals surface area contributed by atoms with Crippen molar-refractivity contribution in [2.45, 2.75) is 47.6 Å². The van der Waals surface area contributed by atoms with Crippen LogP contribution >= 0.6 is 0 Å². The van der Waals surface area contributed by atoms with Crippen LogP contribution in [0.2, 0.25) is 0 Å². The minimum Gasteiger partial charge on any atom is -0.314 e. The van der Waals surface area contributed by atoms with Gasteiger partial charge in [-0.25, -0.2) is 0 Å². The van der Waals surface area contributed by atoms with Crippen LogP contribution in [-0.4, -0.2) is 12.6 Å². The molecule has 0 aromatic heterocycles. The zero-order chi connectivity index (χ0) is 9.07.